The summed E-state index contributed by atoms with van der Waals surface area (Å²) in [6.45, 7) is 6.17. The number of nitrogens with two attached hydrogens (primary N) is 1. The quantitative estimate of drug-likeness (QED) is 0.813. The Kier molecular flexibility index (Phi) is 3.02. The molecule has 1 fully saturated rings. The molecule has 0 saturated carbocycles. The van der Waals surface area contributed by atoms with Crippen LogP contribution in [0.3, 0.4) is 0 Å². The van der Waals surface area contributed by atoms with Crippen molar-refractivity contribution in [1.82, 2.24) is 15.0 Å². The maximum absolute atomic E-state index is 5.69. The predicted octanol–water partition coefficient (Wildman–Crippen LogP) is 1.25. The van der Waals surface area contributed by atoms with Gasteiger partial charge in [-0.3, -0.25) is 4.90 Å². The van der Waals surface area contributed by atoms with E-state index in [1.807, 2.05) is 6.92 Å². The van der Waals surface area contributed by atoms with Crippen LogP contribution in [0.2, 0.25) is 0 Å². The van der Waals surface area contributed by atoms with E-state index in [9.17, 15) is 0 Å². The Morgan fingerprint density at radius 3 is 3.07 bits per heavy atom. The summed E-state index contributed by atoms with van der Waals surface area (Å²) in [5.41, 5.74) is 5.69. The van der Waals surface area contributed by atoms with E-state index in [4.69, 9.17) is 10.3 Å². The Bertz CT molecular complexity index is 323. The SMILES string of the molecule is CCN1CCCC1c1nc(C(C)N)no1. The highest BCUT2D eigenvalue weighted by molar-refractivity contribution is 4.98. The van der Waals surface area contributed by atoms with Crippen LogP contribution in [-0.2, 0) is 0 Å². The van der Waals surface area contributed by atoms with Crippen molar-refractivity contribution in [3.05, 3.63) is 11.7 Å². The maximum Gasteiger partial charge on any atom is 0.244 e. The molecular weight excluding hydrogens is 192 g/mol. The Labute approximate surface area is 89.6 Å². The van der Waals surface area contributed by atoms with Gasteiger partial charge in [0, 0.05) is 0 Å². The van der Waals surface area contributed by atoms with Gasteiger partial charge in [0.25, 0.3) is 0 Å². The average molecular weight is 210 g/mol. The lowest BCUT2D eigenvalue weighted by atomic mass is 10.2. The Morgan fingerprint density at radius 2 is 2.47 bits per heavy atom. The zero-order valence-corrected chi connectivity index (χ0v) is 9.31. The first-order valence-electron chi connectivity index (χ1n) is 5.55. The highest BCUT2D eigenvalue weighted by atomic mass is 16.5. The lowest BCUT2D eigenvalue weighted by molar-refractivity contribution is 0.217. The van der Waals surface area contributed by atoms with Crippen LogP contribution in [0.25, 0.3) is 0 Å². The van der Waals surface area contributed by atoms with Crippen molar-refractivity contribution < 1.29 is 4.52 Å². The first-order valence-corrected chi connectivity index (χ1v) is 5.55. The van der Waals surface area contributed by atoms with Crippen molar-refractivity contribution in [2.24, 2.45) is 5.73 Å². The molecule has 1 aliphatic rings. The largest absolute Gasteiger partial charge is 0.338 e. The fourth-order valence-electron chi connectivity index (χ4n) is 2.05. The second-order valence-corrected chi connectivity index (χ2v) is 4.07. The van der Waals surface area contributed by atoms with Gasteiger partial charge in [-0.25, -0.2) is 0 Å². The molecule has 2 N–H and O–H groups in total. The van der Waals surface area contributed by atoms with E-state index in [-0.39, 0.29) is 6.04 Å². The minimum Gasteiger partial charge on any atom is -0.338 e. The molecule has 1 aliphatic heterocycles. The molecule has 0 bridgehead atoms. The summed E-state index contributed by atoms with van der Waals surface area (Å²) in [4.78, 5) is 6.71. The van der Waals surface area contributed by atoms with Crippen LogP contribution >= 0.6 is 0 Å². The summed E-state index contributed by atoms with van der Waals surface area (Å²) in [6, 6.07) is 0.147. The third-order valence-electron chi connectivity index (χ3n) is 2.92. The van der Waals surface area contributed by atoms with Crippen molar-refractivity contribution in [3.63, 3.8) is 0 Å². The lowest BCUT2D eigenvalue weighted by Crippen LogP contribution is -2.22. The van der Waals surface area contributed by atoms with Gasteiger partial charge in [0.05, 0.1) is 12.1 Å². The van der Waals surface area contributed by atoms with Crippen LogP contribution < -0.4 is 5.73 Å². The molecule has 2 rings (SSSR count). The van der Waals surface area contributed by atoms with E-state index in [0.717, 1.165) is 25.4 Å². The molecule has 2 atom stereocenters. The van der Waals surface area contributed by atoms with E-state index < -0.39 is 0 Å². The van der Waals surface area contributed by atoms with Gasteiger partial charge in [0.2, 0.25) is 5.89 Å². The minimum absolute atomic E-state index is 0.154. The molecule has 1 saturated heterocycles. The molecule has 5 nitrogen and oxygen atoms in total. The summed E-state index contributed by atoms with van der Waals surface area (Å²) in [5.74, 6) is 1.33. The van der Waals surface area contributed by atoms with Crippen LogP contribution in [0.5, 0.6) is 0 Å². The number of rotatable bonds is 3. The molecule has 2 unspecified atom stereocenters. The predicted molar refractivity (Wildman–Crippen MR) is 56.1 cm³/mol. The monoisotopic (exact) mass is 210 g/mol. The van der Waals surface area contributed by atoms with Gasteiger partial charge in [0.15, 0.2) is 5.82 Å². The van der Waals surface area contributed by atoms with Gasteiger partial charge >= 0.3 is 0 Å². The normalized spacial score (nSPS) is 24.6. The van der Waals surface area contributed by atoms with E-state index in [2.05, 4.69) is 22.0 Å². The minimum atomic E-state index is -0.154. The zero-order valence-electron chi connectivity index (χ0n) is 9.31. The van der Waals surface area contributed by atoms with Crippen molar-refractivity contribution >= 4 is 0 Å². The molecule has 15 heavy (non-hydrogen) atoms. The smallest absolute Gasteiger partial charge is 0.244 e. The van der Waals surface area contributed by atoms with Crippen molar-refractivity contribution in [2.75, 3.05) is 13.1 Å². The molecule has 0 spiro atoms. The molecule has 0 amide bonds. The topological polar surface area (TPSA) is 68.2 Å². The van der Waals surface area contributed by atoms with Gasteiger partial charge in [-0.1, -0.05) is 12.1 Å². The molecule has 84 valence electrons. The summed E-state index contributed by atoms with van der Waals surface area (Å²) in [6.07, 6.45) is 2.31. The number of nitrogens with zero attached hydrogens (tertiary/aromatic N) is 3. The highest BCUT2D eigenvalue weighted by Gasteiger charge is 2.29. The summed E-state index contributed by atoms with van der Waals surface area (Å²) in [5, 5.41) is 3.89. The van der Waals surface area contributed by atoms with Crippen molar-refractivity contribution in [1.29, 1.82) is 0 Å². The van der Waals surface area contributed by atoms with Crippen LogP contribution in [0, 0.1) is 0 Å². The molecule has 1 aromatic rings. The number of aromatic nitrogens is 2. The first-order chi connectivity index (χ1) is 7.22. The van der Waals surface area contributed by atoms with Gasteiger partial charge in [-0.05, 0) is 32.9 Å². The molecular formula is C10H18N4O. The Balaban J connectivity index is 2.14. The average Bonchev–Trinajstić information content (AvgIpc) is 2.85. The maximum atomic E-state index is 5.69. The van der Waals surface area contributed by atoms with Crippen LogP contribution in [0.4, 0.5) is 0 Å². The molecule has 5 heteroatoms. The standard InChI is InChI=1S/C10H18N4O/c1-3-14-6-4-5-8(14)10-12-9(7(2)11)13-15-10/h7-8H,3-6,11H2,1-2H3. The number of likely N-dealkylation sites (tertiary alicyclic amines) is 1. The molecule has 1 aromatic heterocycles. The second kappa shape index (κ2) is 4.28. The van der Waals surface area contributed by atoms with Crippen LogP contribution in [0.15, 0.2) is 4.52 Å². The van der Waals surface area contributed by atoms with Gasteiger partial charge in [-0.2, -0.15) is 4.98 Å². The van der Waals surface area contributed by atoms with Gasteiger partial charge < -0.3 is 10.3 Å². The molecule has 0 radical (unpaired) electrons. The third-order valence-corrected chi connectivity index (χ3v) is 2.92. The van der Waals surface area contributed by atoms with Crippen LogP contribution in [0.1, 0.15) is 50.5 Å². The van der Waals surface area contributed by atoms with Crippen molar-refractivity contribution in [3.8, 4) is 0 Å². The first kappa shape index (κ1) is 10.6. The lowest BCUT2D eigenvalue weighted by Gasteiger charge is -2.18. The third kappa shape index (κ3) is 2.03. The molecule has 0 aliphatic carbocycles. The Hall–Kier alpha value is -0.940. The highest BCUT2D eigenvalue weighted by Crippen LogP contribution is 2.30. The van der Waals surface area contributed by atoms with E-state index in [1.54, 1.807) is 0 Å². The van der Waals surface area contributed by atoms with Gasteiger partial charge in [-0.15, -0.1) is 0 Å². The summed E-state index contributed by atoms with van der Waals surface area (Å²) < 4.78 is 5.26. The van der Waals surface area contributed by atoms with E-state index in [0.29, 0.717) is 11.9 Å². The van der Waals surface area contributed by atoms with E-state index in [1.165, 1.54) is 6.42 Å². The number of hydrogen-bond donors (Lipinski definition) is 1. The molecule has 2 heterocycles. The van der Waals surface area contributed by atoms with E-state index >= 15 is 0 Å². The molecule has 0 aromatic carbocycles. The fourth-order valence-corrected chi connectivity index (χ4v) is 2.05. The van der Waals surface area contributed by atoms with Gasteiger partial charge in [0.1, 0.15) is 0 Å². The van der Waals surface area contributed by atoms with Crippen molar-refractivity contribution in [2.45, 2.75) is 38.8 Å². The second-order valence-electron chi connectivity index (χ2n) is 4.07. The summed E-state index contributed by atoms with van der Waals surface area (Å²) in [7, 11) is 0. The Morgan fingerprint density at radius 1 is 1.67 bits per heavy atom. The fraction of sp³-hybridized carbons (Fsp3) is 0.800. The number of hydrogen-bond acceptors (Lipinski definition) is 5. The van der Waals surface area contributed by atoms with Crippen LogP contribution in [-0.4, -0.2) is 28.1 Å². The summed E-state index contributed by atoms with van der Waals surface area (Å²) >= 11 is 0. The zero-order chi connectivity index (χ0) is 10.8.